The molecular formula is C18H20N2O3. The van der Waals surface area contributed by atoms with Crippen LogP contribution >= 0.6 is 0 Å². The highest BCUT2D eigenvalue weighted by Crippen LogP contribution is 2.64. The molecule has 5 rings (SSSR count). The van der Waals surface area contributed by atoms with Gasteiger partial charge in [0.2, 0.25) is 0 Å². The van der Waals surface area contributed by atoms with Crippen molar-refractivity contribution >= 4 is 17.0 Å². The van der Waals surface area contributed by atoms with Gasteiger partial charge in [0.1, 0.15) is 6.10 Å². The first-order valence-electron chi connectivity index (χ1n) is 8.43. The third-order valence-electron chi connectivity index (χ3n) is 6.14. The van der Waals surface area contributed by atoms with Gasteiger partial charge in [-0.1, -0.05) is 6.42 Å². The number of hydrogen-bond acceptors (Lipinski definition) is 4. The van der Waals surface area contributed by atoms with E-state index >= 15 is 0 Å². The summed E-state index contributed by atoms with van der Waals surface area (Å²) in [5.41, 5.74) is 2.56. The van der Waals surface area contributed by atoms with Crippen LogP contribution in [0.15, 0.2) is 24.5 Å². The predicted molar refractivity (Wildman–Crippen MR) is 84.0 cm³/mol. The van der Waals surface area contributed by atoms with Crippen molar-refractivity contribution in [3.63, 3.8) is 0 Å². The molecule has 23 heavy (non-hydrogen) atoms. The summed E-state index contributed by atoms with van der Waals surface area (Å²) in [5, 5.41) is 0. The third kappa shape index (κ3) is 1.71. The van der Waals surface area contributed by atoms with E-state index in [1.807, 2.05) is 29.8 Å². The van der Waals surface area contributed by atoms with Crippen molar-refractivity contribution in [2.75, 3.05) is 6.61 Å². The summed E-state index contributed by atoms with van der Waals surface area (Å²) < 4.78 is 13.8. The van der Waals surface area contributed by atoms with Crippen molar-refractivity contribution in [3.8, 4) is 0 Å². The van der Waals surface area contributed by atoms with Gasteiger partial charge in [0, 0.05) is 25.0 Å². The molecule has 2 aliphatic carbocycles. The summed E-state index contributed by atoms with van der Waals surface area (Å²) in [6, 6.07) is 5.59. The fourth-order valence-electron chi connectivity index (χ4n) is 4.78. The van der Waals surface area contributed by atoms with Crippen molar-refractivity contribution in [1.82, 2.24) is 9.55 Å². The summed E-state index contributed by atoms with van der Waals surface area (Å²) in [5.74, 6) is 0.178. The summed E-state index contributed by atoms with van der Waals surface area (Å²) >= 11 is 0. The van der Waals surface area contributed by atoms with E-state index in [0.717, 1.165) is 36.9 Å². The third-order valence-corrected chi connectivity index (χ3v) is 6.14. The molecule has 1 aromatic carbocycles. The lowest BCUT2D eigenvalue weighted by Crippen LogP contribution is -2.67. The number of aryl methyl sites for hydroxylation is 1. The van der Waals surface area contributed by atoms with E-state index in [0.29, 0.717) is 17.6 Å². The molecule has 2 heterocycles. The maximum absolute atomic E-state index is 12.6. The highest BCUT2D eigenvalue weighted by molar-refractivity contribution is 5.93. The fraction of sp³-hybridized carbons (Fsp3) is 0.556. The molecule has 2 aromatic rings. The van der Waals surface area contributed by atoms with Gasteiger partial charge < -0.3 is 14.0 Å². The van der Waals surface area contributed by atoms with Crippen LogP contribution in [0.25, 0.3) is 11.0 Å². The first kappa shape index (κ1) is 13.5. The Bertz CT molecular complexity index is 793. The molecule has 120 valence electrons. The molecule has 1 aromatic heterocycles. The number of nitrogens with zero attached hydrogens (tertiary/aromatic N) is 2. The normalized spacial score (nSPS) is 30.7. The zero-order chi connectivity index (χ0) is 15.6. The van der Waals surface area contributed by atoms with Crippen LogP contribution in [0.4, 0.5) is 0 Å². The van der Waals surface area contributed by atoms with E-state index in [2.05, 4.69) is 4.98 Å². The van der Waals surface area contributed by atoms with Gasteiger partial charge in [-0.3, -0.25) is 0 Å². The van der Waals surface area contributed by atoms with E-state index in [9.17, 15) is 4.79 Å². The molecule has 0 bridgehead atoms. The van der Waals surface area contributed by atoms with Gasteiger partial charge in [0.05, 0.1) is 29.0 Å². The van der Waals surface area contributed by atoms with E-state index in [-0.39, 0.29) is 17.5 Å². The largest absolute Gasteiger partial charge is 0.458 e. The maximum atomic E-state index is 12.6. The molecule has 3 atom stereocenters. The standard InChI is InChI=1S/C18H20N2O3/c1-20-10-19-13-9-11(3-4-14(13)20)17(21)23-16-12-5-8-22-15(12)18(16)6-2-7-18/h3-4,9-10,12,15-16H,2,5-8H2,1H3. The number of imidazole rings is 1. The molecule has 1 saturated heterocycles. The van der Waals surface area contributed by atoms with Crippen LogP contribution in [0.1, 0.15) is 36.0 Å². The summed E-state index contributed by atoms with van der Waals surface area (Å²) in [4.78, 5) is 16.9. The molecule has 5 heteroatoms. The Morgan fingerprint density at radius 2 is 2.30 bits per heavy atom. The number of esters is 1. The number of carbonyl (C=O) groups is 1. The van der Waals surface area contributed by atoms with Crippen molar-refractivity contribution in [2.24, 2.45) is 18.4 Å². The quantitative estimate of drug-likeness (QED) is 0.800. The molecule has 3 aliphatic rings. The van der Waals surface area contributed by atoms with Crippen molar-refractivity contribution < 1.29 is 14.3 Å². The average Bonchev–Trinajstić information content (AvgIpc) is 3.08. The van der Waals surface area contributed by atoms with Crippen LogP contribution in [0.2, 0.25) is 0 Å². The molecule has 0 radical (unpaired) electrons. The van der Waals surface area contributed by atoms with E-state index < -0.39 is 0 Å². The molecule has 2 saturated carbocycles. The smallest absolute Gasteiger partial charge is 0.338 e. The Morgan fingerprint density at radius 1 is 1.43 bits per heavy atom. The second-order valence-corrected chi connectivity index (χ2v) is 7.22. The van der Waals surface area contributed by atoms with Gasteiger partial charge >= 0.3 is 5.97 Å². The number of fused-ring (bicyclic) bond motifs is 3. The second kappa shape index (κ2) is 4.57. The molecule has 0 N–H and O–H groups in total. The molecule has 3 unspecified atom stereocenters. The van der Waals surface area contributed by atoms with Gasteiger partial charge in [0.25, 0.3) is 0 Å². The highest BCUT2D eigenvalue weighted by atomic mass is 16.6. The molecular weight excluding hydrogens is 292 g/mol. The lowest BCUT2D eigenvalue weighted by molar-refractivity contribution is -0.234. The first-order chi connectivity index (χ1) is 11.2. The van der Waals surface area contributed by atoms with E-state index in [4.69, 9.17) is 9.47 Å². The topological polar surface area (TPSA) is 53.4 Å². The molecule has 1 aliphatic heterocycles. The minimum Gasteiger partial charge on any atom is -0.458 e. The zero-order valence-corrected chi connectivity index (χ0v) is 13.2. The monoisotopic (exact) mass is 312 g/mol. The minimum atomic E-state index is -0.223. The van der Waals surface area contributed by atoms with Crippen molar-refractivity contribution in [3.05, 3.63) is 30.1 Å². The zero-order valence-electron chi connectivity index (χ0n) is 13.2. The fourth-order valence-corrected chi connectivity index (χ4v) is 4.78. The Morgan fingerprint density at radius 3 is 3.09 bits per heavy atom. The Hall–Kier alpha value is -1.88. The van der Waals surface area contributed by atoms with Crippen LogP contribution < -0.4 is 0 Å². The van der Waals surface area contributed by atoms with Crippen LogP contribution in [-0.2, 0) is 16.5 Å². The van der Waals surface area contributed by atoms with Gasteiger partial charge in [0.15, 0.2) is 0 Å². The SMILES string of the molecule is Cn1cnc2cc(C(=O)OC3C4CCOC4C34CCC4)ccc21. The van der Waals surface area contributed by atoms with Gasteiger partial charge in [-0.15, -0.1) is 0 Å². The Balaban J connectivity index is 1.40. The van der Waals surface area contributed by atoms with Gasteiger partial charge in [-0.05, 0) is 37.5 Å². The lowest BCUT2D eigenvalue weighted by atomic mass is 9.47. The number of ether oxygens (including phenoxy) is 2. The van der Waals surface area contributed by atoms with Gasteiger partial charge in [-0.25, -0.2) is 9.78 Å². The molecule has 5 nitrogen and oxygen atoms in total. The number of hydrogen-bond donors (Lipinski definition) is 0. The second-order valence-electron chi connectivity index (χ2n) is 7.22. The van der Waals surface area contributed by atoms with Gasteiger partial charge in [-0.2, -0.15) is 0 Å². The molecule has 0 amide bonds. The van der Waals surface area contributed by atoms with Crippen LogP contribution in [0.5, 0.6) is 0 Å². The number of rotatable bonds is 2. The lowest BCUT2D eigenvalue weighted by Gasteiger charge is -2.61. The van der Waals surface area contributed by atoms with Crippen molar-refractivity contribution in [1.29, 1.82) is 0 Å². The summed E-state index contributed by atoms with van der Waals surface area (Å²) in [7, 11) is 1.95. The Labute approximate surface area is 134 Å². The Kier molecular flexibility index (Phi) is 2.69. The van der Waals surface area contributed by atoms with E-state index in [1.54, 1.807) is 6.33 Å². The summed E-state index contributed by atoms with van der Waals surface area (Å²) in [6.07, 6.45) is 6.62. The first-order valence-corrected chi connectivity index (χ1v) is 8.43. The summed E-state index contributed by atoms with van der Waals surface area (Å²) in [6.45, 7) is 0.811. The van der Waals surface area contributed by atoms with E-state index in [1.165, 1.54) is 6.42 Å². The number of benzene rings is 1. The average molecular weight is 312 g/mol. The molecule has 1 spiro atoms. The van der Waals surface area contributed by atoms with Crippen molar-refractivity contribution in [2.45, 2.75) is 37.9 Å². The number of aromatic nitrogens is 2. The predicted octanol–water partition coefficient (Wildman–Crippen LogP) is 2.69. The van der Waals surface area contributed by atoms with Crippen LogP contribution in [-0.4, -0.2) is 34.3 Å². The van der Waals surface area contributed by atoms with Crippen LogP contribution in [0.3, 0.4) is 0 Å². The minimum absolute atomic E-state index is 0.0377. The number of carbonyl (C=O) groups excluding carboxylic acids is 1. The maximum Gasteiger partial charge on any atom is 0.338 e. The van der Waals surface area contributed by atoms with Crippen LogP contribution in [0, 0.1) is 11.3 Å². The molecule has 3 fully saturated rings. The highest BCUT2D eigenvalue weighted by Gasteiger charge is 2.68.